The molecule has 0 aliphatic carbocycles. The Kier molecular flexibility index (Phi) is 9.59. The van der Waals surface area contributed by atoms with E-state index >= 15 is 0 Å². The first-order valence-electron chi connectivity index (χ1n) is 6.04. The first-order chi connectivity index (χ1) is 7.20. The van der Waals surface area contributed by atoms with Crippen LogP contribution in [0.25, 0.3) is 0 Å². The number of esters is 1. The molecule has 0 radical (unpaired) electrons. The first kappa shape index (κ1) is 14.4. The molecule has 0 saturated heterocycles. The molecular formula is C12H24O3. The molecule has 90 valence electrons. The summed E-state index contributed by atoms with van der Waals surface area (Å²) in [4.78, 5) is 11.0. The Hall–Kier alpha value is -0.570. The van der Waals surface area contributed by atoms with Crippen LogP contribution >= 0.6 is 0 Å². The molecule has 3 heteroatoms. The van der Waals surface area contributed by atoms with E-state index in [0.29, 0.717) is 13.0 Å². The van der Waals surface area contributed by atoms with Gasteiger partial charge in [-0.05, 0) is 13.3 Å². The molecule has 0 aromatic carbocycles. The molecule has 1 atom stereocenters. The van der Waals surface area contributed by atoms with Crippen molar-refractivity contribution >= 4 is 5.97 Å². The van der Waals surface area contributed by atoms with Crippen molar-refractivity contribution in [1.29, 1.82) is 0 Å². The topological polar surface area (TPSA) is 46.5 Å². The maximum atomic E-state index is 11.0. The Balaban J connectivity index is 3.32. The van der Waals surface area contributed by atoms with Crippen molar-refractivity contribution in [1.82, 2.24) is 0 Å². The lowest BCUT2D eigenvalue weighted by atomic mass is 10.1. The minimum Gasteiger partial charge on any atom is -0.466 e. The molecule has 3 nitrogen and oxygen atoms in total. The number of aliphatic hydroxyl groups excluding tert-OH is 1. The number of ether oxygens (including phenoxy) is 1. The lowest BCUT2D eigenvalue weighted by Crippen LogP contribution is -2.15. The second-order valence-corrected chi connectivity index (χ2v) is 3.87. The standard InChI is InChI=1S/C12H24O3/c1-3-5-6-7-8-9-11(13)10-12(14)15-4-2/h11,13H,3-10H2,1-2H3/t11-/m0/s1. The highest BCUT2D eigenvalue weighted by molar-refractivity contribution is 5.69. The van der Waals surface area contributed by atoms with Crippen LogP contribution < -0.4 is 0 Å². The Morgan fingerprint density at radius 1 is 1.20 bits per heavy atom. The molecule has 0 aromatic rings. The molecule has 0 fully saturated rings. The molecule has 0 unspecified atom stereocenters. The van der Waals surface area contributed by atoms with Gasteiger partial charge in [0.15, 0.2) is 0 Å². The minimum absolute atomic E-state index is 0.140. The molecule has 0 rings (SSSR count). The SMILES string of the molecule is CCCCCCC[C@H](O)CC(=O)OCC. The van der Waals surface area contributed by atoms with Crippen LogP contribution in [0.5, 0.6) is 0 Å². The largest absolute Gasteiger partial charge is 0.466 e. The smallest absolute Gasteiger partial charge is 0.308 e. The van der Waals surface area contributed by atoms with Crippen LogP contribution in [0.15, 0.2) is 0 Å². The van der Waals surface area contributed by atoms with E-state index in [1.807, 2.05) is 0 Å². The van der Waals surface area contributed by atoms with Gasteiger partial charge in [-0.25, -0.2) is 0 Å². The molecule has 0 amide bonds. The van der Waals surface area contributed by atoms with E-state index in [0.717, 1.165) is 12.8 Å². The highest BCUT2D eigenvalue weighted by Gasteiger charge is 2.10. The zero-order chi connectivity index (χ0) is 11.5. The predicted octanol–water partition coefficient (Wildman–Crippen LogP) is 2.66. The highest BCUT2D eigenvalue weighted by Crippen LogP contribution is 2.09. The Labute approximate surface area is 92.8 Å². The van der Waals surface area contributed by atoms with Crippen LogP contribution in [0.3, 0.4) is 0 Å². The monoisotopic (exact) mass is 216 g/mol. The van der Waals surface area contributed by atoms with Crippen LogP contribution in [-0.4, -0.2) is 23.8 Å². The molecule has 0 aliphatic rings. The molecule has 1 N–H and O–H groups in total. The fraction of sp³-hybridized carbons (Fsp3) is 0.917. The fourth-order valence-corrected chi connectivity index (χ4v) is 1.50. The van der Waals surface area contributed by atoms with Gasteiger partial charge in [0.2, 0.25) is 0 Å². The Morgan fingerprint density at radius 2 is 1.87 bits per heavy atom. The predicted molar refractivity (Wildman–Crippen MR) is 60.6 cm³/mol. The van der Waals surface area contributed by atoms with Crippen LogP contribution in [0.4, 0.5) is 0 Å². The van der Waals surface area contributed by atoms with Gasteiger partial charge in [-0.1, -0.05) is 39.0 Å². The number of aliphatic hydroxyl groups is 1. The van der Waals surface area contributed by atoms with E-state index in [1.54, 1.807) is 6.92 Å². The van der Waals surface area contributed by atoms with Crippen molar-refractivity contribution in [3.8, 4) is 0 Å². The van der Waals surface area contributed by atoms with Gasteiger partial charge in [0.1, 0.15) is 0 Å². The number of hydrogen-bond donors (Lipinski definition) is 1. The molecule has 15 heavy (non-hydrogen) atoms. The molecular weight excluding hydrogens is 192 g/mol. The van der Waals surface area contributed by atoms with Gasteiger partial charge in [0.25, 0.3) is 0 Å². The fourth-order valence-electron chi connectivity index (χ4n) is 1.50. The van der Waals surface area contributed by atoms with E-state index in [1.165, 1.54) is 19.3 Å². The van der Waals surface area contributed by atoms with Crippen LogP contribution in [0.2, 0.25) is 0 Å². The molecule has 0 aromatic heterocycles. The maximum absolute atomic E-state index is 11.0. The van der Waals surface area contributed by atoms with E-state index in [2.05, 4.69) is 6.92 Å². The van der Waals surface area contributed by atoms with E-state index in [-0.39, 0.29) is 12.4 Å². The summed E-state index contributed by atoms with van der Waals surface area (Å²) in [6, 6.07) is 0. The number of carbonyl (C=O) groups is 1. The summed E-state index contributed by atoms with van der Waals surface area (Å²) in [5, 5.41) is 9.50. The van der Waals surface area contributed by atoms with Gasteiger partial charge in [-0.3, -0.25) is 4.79 Å². The number of carbonyl (C=O) groups excluding carboxylic acids is 1. The van der Waals surface area contributed by atoms with Gasteiger partial charge in [0, 0.05) is 0 Å². The summed E-state index contributed by atoms with van der Waals surface area (Å²) in [5.41, 5.74) is 0. The van der Waals surface area contributed by atoms with E-state index in [9.17, 15) is 9.90 Å². The van der Waals surface area contributed by atoms with Gasteiger partial charge in [0.05, 0.1) is 19.1 Å². The van der Waals surface area contributed by atoms with Gasteiger partial charge < -0.3 is 9.84 Å². The first-order valence-corrected chi connectivity index (χ1v) is 6.04. The van der Waals surface area contributed by atoms with Crippen LogP contribution in [0, 0.1) is 0 Å². The summed E-state index contributed by atoms with van der Waals surface area (Å²) >= 11 is 0. The van der Waals surface area contributed by atoms with Crippen LogP contribution in [-0.2, 0) is 9.53 Å². The average molecular weight is 216 g/mol. The van der Waals surface area contributed by atoms with Crippen molar-refractivity contribution in [2.45, 2.75) is 64.9 Å². The molecule has 0 aliphatic heterocycles. The van der Waals surface area contributed by atoms with Crippen molar-refractivity contribution in [2.75, 3.05) is 6.61 Å². The van der Waals surface area contributed by atoms with Crippen molar-refractivity contribution < 1.29 is 14.6 Å². The average Bonchev–Trinajstić information content (AvgIpc) is 2.17. The summed E-state index contributed by atoms with van der Waals surface area (Å²) in [7, 11) is 0. The zero-order valence-electron chi connectivity index (χ0n) is 10.00. The molecule has 0 bridgehead atoms. The highest BCUT2D eigenvalue weighted by atomic mass is 16.5. The second kappa shape index (κ2) is 9.97. The third-order valence-electron chi connectivity index (χ3n) is 2.35. The normalized spacial score (nSPS) is 12.5. The summed E-state index contributed by atoms with van der Waals surface area (Å²) in [6.07, 6.45) is 6.19. The minimum atomic E-state index is -0.523. The van der Waals surface area contributed by atoms with Crippen molar-refractivity contribution in [2.24, 2.45) is 0 Å². The third-order valence-corrected chi connectivity index (χ3v) is 2.35. The second-order valence-electron chi connectivity index (χ2n) is 3.87. The third kappa shape index (κ3) is 9.73. The van der Waals surface area contributed by atoms with Crippen molar-refractivity contribution in [3.05, 3.63) is 0 Å². The summed E-state index contributed by atoms with van der Waals surface area (Å²) in [6.45, 7) is 4.34. The van der Waals surface area contributed by atoms with Gasteiger partial charge in [-0.2, -0.15) is 0 Å². The Bertz CT molecular complexity index is 157. The number of unbranched alkanes of at least 4 members (excludes halogenated alkanes) is 4. The molecule has 0 spiro atoms. The maximum Gasteiger partial charge on any atom is 0.308 e. The lowest BCUT2D eigenvalue weighted by Gasteiger charge is -2.09. The summed E-state index contributed by atoms with van der Waals surface area (Å²) < 4.78 is 4.76. The Morgan fingerprint density at radius 3 is 2.47 bits per heavy atom. The number of hydrogen-bond acceptors (Lipinski definition) is 3. The number of rotatable bonds is 9. The van der Waals surface area contributed by atoms with Gasteiger partial charge >= 0.3 is 5.97 Å². The van der Waals surface area contributed by atoms with Gasteiger partial charge in [-0.15, -0.1) is 0 Å². The zero-order valence-corrected chi connectivity index (χ0v) is 10.00. The van der Waals surface area contributed by atoms with E-state index in [4.69, 9.17) is 4.74 Å². The molecule has 0 saturated carbocycles. The van der Waals surface area contributed by atoms with Crippen molar-refractivity contribution in [3.63, 3.8) is 0 Å². The van der Waals surface area contributed by atoms with E-state index < -0.39 is 6.10 Å². The lowest BCUT2D eigenvalue weighted by molar-refractivity contribution is -0.145. The quantitative estimate of drug-likeness (QED) is 0.476. The summed E-state index contributed by atoms with van der Waals surface area (Å²) in [5.74, 6) is -0.293. The van der Waals surface area contributed by atoms with Crippen LogP contribution in [0.1, 0.15) is 58.8 Å². The molecule has 0 heterocycles.